The van der Waals surface area contributed by atoms with Crippen LogP contribution in [0.4, 0.5) is 0 Å². The molecule has 2 rings (SSSR count). The molecule has 0 saturated carbocycles. The van der Waals surface area contributed by atoms with Crippen LogP contribution in [0.1, 0.15) is 44.2 Å². The molecular formula is C17H28N2. The highest BCUT2D eigenvalue weighted by molar-refractivity contribution is 5.32. The Morgan fingerprint density at radius 1 is 1.21 bits per heavy atom. The van der Waals surface area contributed by atoms with Gasteiger partial charge in [0.25, 0.3) is 0 Å². The number of piperidine rings is 1. The second kappa shape index (κ2) is 6.53. The standard InChI is InChI=1S/C17H28N2/c1-14-6-4-5-7-16(14)17(2,3)10-13-19-15-8-11-18-12-9-15/h4-7,15,18-19H,8-13H2,1-3H3. The van der Waals surface area contributed by atoms with E-state index in [1.165, 1.54) is 43.5 Å². The zero-order valence-electron chi connectivity index (χ0n) is 12.6. The third-order valence-corrected chi connectivity index (χ3v) is 4.40. The topological polar surface area (TPSA) is 24.1 Å². The van der Waals surface area contributed by atoms with Gasteiger partial charge in [-0.25, -0.2) is 0 Å². The van der Waals surface area contributed by atoms with Crippen LogP contribution in [0, 0.1) is 6.92 Å². The molecule has 2 nitrogen and oxygen atoms in total. The zero-order valence-corrected chi connectivity index (χ0v) is 12.6. The lowest BCUT2D eigenvalue weighted by Gasteiger charge is -2.29. The van der Waals surface area contributed by atoms with Gasteiger partial charge >= 0.3 is 0 Å². The van der Waals surface area contributed by atoms with E-state index < -0.39 is 0 Å². The largest absolute Gasteiger partial charge is 0.317 e. The molecule has 1 aliphatic heterocycles. The average molecular weight is 260 g/mol. The van der Waals surface area contributed by atoms with Crippen LogP contribution in [0.5, 0.6) is 0 Å². The van der Waals surface area contributed by atoms with Crippen molar-refractivity contribution in [3.63, 3.8) is 0 Å². The smallest absolute Gasteiger partial charge is 0.00912 e. The highest BCUT2D eigenvalue weighted by atomic mass is 15.0. The Hall–Kier alpha value is -0.860. The molecule has 106 valence electrons. The molecule has 1 aliphatic rings. The molecule has 1 aromatic rings. The Kier molecular flexibility index (Phi) is 5.00. The zero-order chi connectivity index (χ0) is 13.7. The fourth-order valence-corrected chi connectivity index (χ4v) is 3.08. The molecular weight excluding hydrogens is 232 g/mol. The Labute approximate surface area is 118 Å². The van der Waals surface area contributed by atoms with Crippen LogP contribution >= 0.6 is 0 Å². The van der Waals surface area contributed by atoms with Crippen molar-refractivity contribution in [2.45, 2.75) is 51.5 Å². The summed E-state index contributed by atoms with van der Waals surface area (Å²) in [5.74, 6) is 0. The van der Waals surface area contributed by atoms with E-state index in [4.69, 9.17) is 0 Å². The minimum absolute atomic E-state index is 0.255. The molecule has 0 unspecified atom stereocenters. The average Bonchev–Trinajstić information content (AvgIpc) is 2.40. The van der Waals surface area contributed by atoms with Gasteiger partial charge in [0, 0.05) is 6.04 Å². The SMILES string of the molecule is Cc1ccccc1C(C)(C)CCNC1CCNCC1. The van der Waals surface area contributed by atoms with Gasteiger partial charge in [-0.05, 0) is 62.4 Å². The van der Waals surface area contributed by atoms with Crippen molar-refractivity contribution in [2.24, 2.45) is 0 Å². The van der Waals surface area contributed by atoms with Gasteiger partial charge in [-0.1, -0.05) is 38.1 Å². The van der Waals surface area contributed by atoms with E-state index >= 15 is 0 Å². The predicted octanol–water partition coefficient (Wildman–Crippen LogP) is 3.00. The summed E-state index contributed by atoms with van der Waals surface area (Å²) in [7, 11) is 0. The van der Waals surface area contributed by atoms with Crippen molar-refractivity contribution < 1.29 is 0 Å². The Balaban J connectivity index is 1.85. The molecule has 0 bridgehead atoms. The number of hydrogen-bond donors (Lipinski definition) is 2. The molecule has 0 radical (unpaired) electrons. The maximum absolute atomic E-state index is 3.73. The fraction of sp³-hybridized carbons (Fsp3) is 0.647. The second-order valence-electron chi connectivity index (χ2n) is 6.43. The summed E-state index contributed by atoms with van der Waals surface area (Å²) in [5.41, 5.74) is 3.15. The first-order chi connectivity index (χ1) is 9.09. The molecule has 0 atom stereocenters. The number of aryl methyl sites for hydroxylation is 1. The Bertz CT molecular complexity index is 392. The third-order valence-electron chi connectivity index (χ3n) is 4.40. The summed E-state index contributed by atoms with van der Waals surface area (Å²) >= 11 is 0. The van der Waals surface area contributed by atoms with E-state index in [2.05, 4.69) is 55.7 Å². The molecule has 0 amide bonds. The molecule has 1 heterocycles. The van der Waals surface area contributed by atoms with Crippen LogP contribution in [0.3, 0.4) is 0 Å². The lowest BCUT2D eigenvalue weighted by molar-refractivity contribution is 0.363. The van der Waals surface area contributed by atoms with Crippen molar-refractivity contribution in [3.8, 4) is 0 Å². The first-order valence-corrected chi connectivity index (χ1v) is 7.60. The minimum Gasteiger partial charge on any atom is -0.317 e. The lowest BCUT2D eigenvalue weighted by atomic mass is 9.79. The van der Waals surface area contributed by atoms with Crippen LogP contribution in [0.2, 0.25) is 0 Å². The molecule has 0 aliphatic carbocycles. The fourth-order valence-electron chi connectivity index (χ4n) is 3.08. The second-order valence-corrected chi connectivity index (χ2v) is 6.43. The van der Waals surface area contributed by atoms with Crippen molar-refractivity contribution in [1.29, 1.82) is 0 Å². The first-order valence-electron chi connectivity index (χ1n) is 7.60. The van der Waals surface area contributed by atoms with E-state index in [1.807, 2.05) is 0 Å². The van der Waals surface area contributed by atoms with Gasteiger partial charge in [0.1, 0.15) is 0 Å². The molecule has 0 aromatic heterocycles. The summed E-state index contributed by atoms with van der Waals surface area (Å²) in [6, 6.07) is 9.50. The van der Waals surface area contributed by atoms with Crippen molar-refractivity contribution >= 4 is 0 Å². The molecule has 2 heteroatoms. The maximum Gasteiger partial charge on any atom is 0.00912 e. The van der Waals surface area contributed by atoms with Gasteiger partial charge in [0.2, 0.25) is 0 Å². The molecule has 1 fully saturated rings. The van der Waals surface area contributed by atoms with Gasteiger partial charge in [-0.15, -0.1) is 0 Å². The predicted molar refractivity (Wildman–Crippen MR) is 82.7 cm³/mol. The summed E-state index contributed by atoms with van der Waals surface area (Å²) in [5, 5.41) is 7.14. The number of benzene rings is 1. The quantitative estimate of drug-likeness (QED) is 0.850. The summed E-state index contributed by atoms with van der Waals surface area (Å²) in [6.07, 6.45) is 3.73. The van der Waals surface area contributed by atoms with Crippen molar-refractivity contribution in [3.05, 3.63) is 35.4 Å². The van der Waals surface area contributed by atoms with E-state index in [1.54, 1.807) is 0 Å². The molecule has 1 aromatic carbocycles. The van der Waals surface area contributed by atoms with Gasteiger partial charge in [0.05, 0.1) is 0 Å². The highest BCUT2D eigenvalue weighted by Crippen LogP contribution is 2.29. The molecule has 0 spiro atoms. The lowest BCUT2D eigenvalue weighted by Crippen LogP contribution is -2.41. The number of nitrogens with one attached hydrogen (secondary N) is 2. The molecule has 1 saturated heterocycles. The Morgan fingerprint density at radius 3 is 2.58 bits per heavy atom. The number of hydrogen-bond acceptors (Lipinski definition) is 2. The first kappa shape index (κ1) is 14.5. The van der Waals surface area contributed by atoms with Gasteiger partial charge in [-0.3, -0.25) is 0 Å². The summed E-state index contributed by atoms with van der Waals surface area (Å²) in [6.45, 7) is 10.4. The van der Waals surface area contributed by atoms with E-state index in [-0.39, 0.29) is 5.41 Å². The maximum atomic E-state index is 3.73. The van der Waals surface area contributed by atoms with Crippen LogP contribution in [-0.2, 0) is 5.41 Å². The van der Waals surface area contributed by atoms with Crippen LogP contribution in [0.15, 0.2) is 24.3 Å². The van der Waals surface area contributed by atoms with Gasteiger partial charge in [-0.2, -0.15) is 0 Å². The normalized spacial score (nSPS) is 17.6. The van der Waals surface area contributed by atoms with Gasteiger partial charge in [0.15, 0.2) is 0 Å². The van der Waals surface area contributed by atoms with Crippen LogP contribution in [-0.4, -0.2) is 25.7 Å². The third kappa shape index (κ3) is 4.05. The molecule has 19 heavy (non-hydrogen) atoms. The van der Waals surface area contributed by atoms with Crippen LogP contribution in [0.25, 0.3) is 0 Å². The monoisotopic (exact) mass is 260 g/mol. The van der Waals surface area contributed by atoms with E-state index in [0.717, 1.165) is 6.54 Å². The number of rotatable bonds is 5. The highest BCUT2D eigenvalue weighted by Gasteiger charge is 2.22. The Morgan fingerprint density at radius 2 is 1.89 bits per heavy atom. The minimum atomic E-state index is 0.255. The van der Waals surface area contributed by atoms with E-state index in [9.17, 15) is 0 Å². The van der Waals surface area contributed by atoms with Crippen LogP contribution < -0.4 is 10.6 Å². The summed E-state index contributed by atoms with van der Waals surface area (Å²) in [4.78, 5) is 0. The van der Waals surface area contributed by atoms with Crippen molar-refractivity contribution in [2.75, 3.05) is 19.6 Å². The summed E-state index contributed by atoms with van der Waals surface area (Å²) < 4.78 is 0. The van der Waals surface area contributed by atoms with E-state index in [0.29, 0.717) is 6.04 Å². The van der Waals surface area contributed by atoms with Crippen molar-refractivity contribution in [1.82, 2.24) is 10.6 Å². The molecule has 2 N–H and O–H groups in total. The van der Waals surface area contributed by atoms with Gasteiger partial charge < -0.3 is 10.6 Å².